The number of rotatable bonds is 9. The molecule has 0 saturated carbocycles. The van der Waals surface area contributed by atoms with Gasteiger partial charge >= 0.3 is 6.18 Å². The van der Waals surface area contributed by atoms with Gasteiger partial charge < -0.3 is 10.2 Å². The molecule has 0 bridgehead atoms. The topological polar surface area (TPSA) is 86.8 Å². The van der Waals surface area contributed by atoms with Gasteiger partial charge in [0.1, 0.15) is 12.6 Å². The van der Waals surface area contributed by atoms with Crippen molar-refractivity contribution in [3.63, 3.8) is 0 Å². The summed E-state index contributed by atoms with van der Waals surface area (Å²) in [5, 5.41) is 2.64. The molecular weight excluding hydrogens is 566 g/mol. The van der Waals surface area contributed by atoms with Crippen molar-refractivity contribution < 1.29 is 31.2 Å². The molecule has 2 rings (SSSR count). The van der Waals surface area contributed by atoms with E-state index in [9.17, 15) is 31.2 Å². The minimum absolute atomic E-state index is 0.198. The summed E-state index contributed by atoms with van der Waals surface area (Å²) >= 11 is 18.5. The summed E-state index contributed by atoms with van der Waals surface area (Å²) in [6.45, 7) is 2.13. The number of nitrogens with one attached hydrogen (secondary N) is 1. The number of likely N-dealkylation sites (N-methyl/N-ethyl adjacent to an activating group) is 1. The van der Waals surface area contributed by atoms with E-state index < -0.39 is 51.9 Å². The van der Waals surface area contributed by atoms with Crippen LogP contribution in [-0.4, -0.2) is 50.5 Å². The molecule has 0 heterocycles. The monoisotopic (exact) mass is 587 g/mol. The van der Waals surface area contributed by atoms with E-state index in [2.05, 4.69) is 5.32 Å². The lowest BCUT2D eigenvalue weighted by Crippen LogP contribution is -2.51. The number of anilines is 1. The number of nitrogens with zero attached hydrogens (tertiary/aromatic N) is 2. The maximum Gasteiger partial charge on any atom is 0.416 e. The van der Waals surface area contributed by atoms with Crippen LogP contribution in [0.2, 0.25) is 15.1 Å². The summed E-state index contributed by atoms with van der Waals surface area (Å²) in [5.74, 6) is -1.44. The van der Waals surface area contributed by atoms with E-state index in [0.29, 0.717) is 22.0 Å². The standard InChI is InChI=1S/C22H23Cl3F3N3O4S/c1-4-29-21(33)13(2)30(11-15-16(23)6-5-7-17(15)24)20(32)12-31(36(3,34)35)19-10-14(22(26,27)28)8-9-18(19)25/h5-10,13H,4,11-12H2,1-3H3,(H,29,33)/t13-/m0/s1. The predicted octanol–water partition coefficient (Wildman–Crippen LogP) is 4.99. The second-order valence-electron chi connectivity index (χ2n) is 7.73. The minimum Gasteiger partial charge on any atom is -0.355 e. The summed E-state index contributed by atoms with van der Waals surface area (Å²) < 4.78 is 65.4. The normalized spacial score (nSPS) is 12.7. The number of alkyl halides is 3. The van der Waals surface area contributed by atoms with E-state index in [4.69, 9.17) is 34.8 Å². The largest absolute Gasteiger partial charge is 0.416 e. The highest BCUT2D eigenvalue weighted by molar-refractivity contribution is 7.92. The van der Waals surface area contributed by atoms with E-state index in [1.807, 2.05) is 0 Å². The lowest BCUT2D eigenvalue weighted by Gasteiger charge is -2.32. The van der Waals surface area contributed by atoms with Gasteiger partial charge in [-0.1, -0.05) is 40.9 Å². The SMILES string of the molecule is CCNC(=O)[C@H](C)N(Cc1c(Cl)cccc1Cl)C(=O)CN(c1cc(C(F)(F)F)ccc1Cl)S(C)(=O)=O. The molecule has 7 nitrogen and oxygen atoms in total. The van der Waals surface area contributed by atoms with Crippen molar-refractivity contribution in [2.75, 3.05) is 23.7 Å². The van der Waals surface area contributed by atoms with Crippen LogP contribution < -0.4 is 9.62 Å². The van der Waals surface area contributed by atoms with Gasteiger partial charge in [0.25, 0.3) is 0 Å². The maximum absolute atomic E-state index is 13.4. The Balaban J connectivity index is 2.55. The fourth-order valence-corrected chi connectivity index (χ4v) is 4.87. The zero-order chi connectivity index (χ0) is 27.4. The fraction of sp³-hybridized carbons (Fsp3) is 0.364. The first kappa shape index (κ1) is 30.0. The molecule has 0 radical (unpaired) electrons. The Morgan fingerprint density at radius 1 is 1.06 bits per heavy atom. The van der Waals surface area contributed by atoms with Gasteiger partial charge in [0.15, 0.2) is 0 Å². The average Bonchev–Trinajstić information content (AvgIpc) is 2.76. The van der Waals surface area contributed by atoms with Crippen LogP contribution in [0.1, 0.15) is 25.0 Å². The third-order valence-corrected chi connectivity index (χ3v) is 7.28. The first-order valence-electron chi connectivity index (χ1n) is 10.4. The summed E-state index contributed by atoms with van der Waals surface area (Å²) in [7, 11) is -4.30. The molecule has 2 aromatic rings. The van der Waals surface area contributed by atoms with Gasteiger partial charge in [-0.3, -0.25) is 13.9 Å². The van der Waals surface area contributed by atoms with Gasteiger partial charge in [-0.05, 0) is 44.2 Å². The molecule has 0 saturated heterocycles. The fourth-order valence-electron chi connectivity index (χ4n) is 3.23. The Kier molecular flexibility index (Phi) is 9.91. The quantitative estimate of drug-likeness (QED) is 0.448. The van der Waals surface area contributed by atoms with Crippen molar-refractivity contribution in [3.8, 4) is 0 Å². The lowest BCUT2D eigenvalue weighted by atomic mass is 10.1. The number of sulfonamides is 1. The maximum atomic E-state index is 13.4. The van der Waals surface area contributed by atoms with E-state index >= 15 is 0 Å². The summed E-state index contributed by atoms with van der Waals surface area (Å²) in [5.41, 5.74) is -1.39. The second-order valence-corrected chi connectivity index (χ2v) is 10.9. The van der Waals surface area contributed by atoms with Gasteiger partial charge in [0.2, 0.25) is 21.8 Å². The van der Waals surface area contributed by atoms with E-state index in [1.165, 1.54) is 19.1 Å². The van der Waals surface area contributed by atoms with E-state index in [0.717, 1.165) is 17.2 Å². The smallest absolute Gasteiger partial charge is 0.355 e. The number of hydrogen-bond donors (Lipinski definition) is 1. The van der Waals surface area contributed by atoms with Crippen LogP contribution >= 0.6 is 34.8 Å². The molecule has 198 valence electrons. The van der Waals surface area contributed by atoms with Crippen LogP contribution in [-0.2, 0) is 32.3 Å². The van der Waals surface area contributed by atoms with Crippen LogP contribution in [0.3, 0.4) is 0 Å². The molecule has 0 aromatic heterocycles. The number of benzene rings is 2. The van der Waals surface area contributed by atoms with Gasteiger partial charge in [-0.15, -0.1) is 0 Å². The van der Waals surface area contributed by atoms with Gasteiger partial charge in [0, 0.05) is 28.7 Å². The molecule has 36 heavy (non-hydrogen) atoms. The molecule has 0 fully saturated rings. The third kappa shape index (κ3) is 7.41. The number of halogens is 6. The first-order chi connectivity index (χ1) is 16.6. The van der Waals surface area contributed by atoms with Crippen molar-refractivity contribution >= 4 is 62.3 Å². The zero-order valence-electron chi connectivity index (χ0n) is 19.4. The van der Waals surface area contributed by atoms with Gasteiger partial charge in [0.05, 0.1) is 22.5 Å². The Hall–Kier alpha value is -2.21. The van der Waals surface area contributed by atoms with Crippen molar-refractivity contribution in [2.24, 2.45) is 0 Å². The van der Waals surface area contributed by atoms with Crippen molar-refractivity contribution in [1.29, 1.82) is 0 Å². The molecule has 2 amide bonds. The Bertz CT molecular complexity index is 1220. The second kappa shape index (κ2) is 11.9. The molecule has 0 aliphatic heterocycles. The Morgan fingerprint density at radius 3 is 2.14 bits per heavy atom. The van der Waals surface area contributed by atoms with E-state index in [1.54, 1.807) is 13.0 Å². The van der Waals surface area contributed by atoms with Gasteiger partial charge in [-0.25, -0.2) is 8.42 Å². The molecule has 0 aliphatic carbocycles. The minimum atomic E-state index is -4.79. The number of amides is 2. The molecule has 2 aromatic carbocycles. The number of carbonyl (C=O) groups excluding carboxylic acids is 2. The van der Waals surface area contributed by atoms with Gasteiger partial charge in [-0.2, -0.15) is 13.2 Å². The van der Waals surface area contributed by atoms with Crippen molar-refractivity contribution in [2.45, 2.75) is 32.6 Å². The molecule has 14 heteroatoms. The average molecular weight is 589 g/mol. The highest BCUT2D eigenvalue weighted by atomic mass is 35.5. The van der Waals surface area contributed by atoms with Crippen LogP contribution in [0.15, 0.2) is 36.4 Å². The van der Waals surface area contributed by atoms with Crippen molar-refractivity contribution in [1.82, 2.24) is 10.2 Å². The third-order valence-electron chi connectivity index (χ3n) is 5.13. The van der Waals surface area contributed by atoms with Crippen LogP contribution in [0, 0.1) is 0 Å². The summed E-state index contributed by atoms with van der Waals surface area (Å²) in [4.78, 5) is 27.0. The Morgan fingerprint density at radius 2 is 1.64 bits per heavy atom. The molecule has 1 atom stereocenters. The van der Waals surface area contributed by atoms with Crippen LogP contribution in [0.25, 0.3) is 0 Å². The van der Waals surface area contributed by atoms with E-state index in [-0.39, 0.29) is 28.2 Å². The first-order valence-corrected chi connectivity index (χ1v) is 13.4. The van der Waals surface area contributed by atoms with Crippen LogP contribution in [0.5, 0.6) is 0 Å². The summed E-state index contributed by atoms with van der Waals surface area (Å²) in [6, 6.07) is 5.63. The van der Waals surface area contributed by atoms with Crippen LogP contribution in [0.4, 0.5) is 18.9 Å². The Labute approximate surface area is 222 Å². The molecule has 0 unspecified atom stereocenters. The number of carbonyl (C=O) groups is 2. The summed E-state index contributed by atoms with van der Waals surface area (Å²) in [6.07, 6.45) is -4.06. The molecule has 1 N–H and O–H groups in total. The number of hydrogen-bond acceptors (Lipinski definition) is 4. The molecule has 0 spiro atoms. The highest BCUT2D eigenvalue weighted by Gasteiger charge is 2.35. The predicted molar refractivity (Wildman–Crippen MR) is 134 cm³/mol. The highest BCUT2D eigenvalue weighted by Crippen LogP contribution is 2.36. The molecule has 0 aliphatic rings. The molecular formula is C22H23Cl3F3N3O4S. The van der Waals surface area contributed by atoms with Crippen molar-refractivity contribution in [3.05, 3.63) is 62.6 Å². The zero-order valence-corrected chi connectivity index (χ0v) is 22.5. The lowest BCUT2D eigenvalue weighted by molar-refractivity contribution is -0.139.